The summed E-state index contributed by atoms with van der Waals surface area (Å²) in [5.41, 5.74) is 0. The van der Waals surface area contributed by atoms with E-state index < -0.39 is 0 Å². The summed E-state index contributed by atoms with van der Waals surface area (Å²) >= 11 is 3.81. The van der Waals surface area contributed by atoms with E-state index in [2.05, 4.69) is 17.5 Å². The number of carbonyl (C=O) groups excluding carboxylic acids is 1. The van der Waals surface area contributed by atoms with Gasteiger partial charge in [0, 0.05) is 42.1 Å². The van der Waals surface area contributed by atoms with Gasteiger partial charge < -0.3 is 14.5 Å². The summed E-state index contributed by atoms with van der Waals surface area (Å²) in [4.78, 5) is 17.9. The van der Waals surface area contributed by atoms with E-state index in [-0.39, 0.29) is 6.03 Å². The molecule has 0 aliphatic carbocycles. The smallest absolute Gasteiger partial charge is 0.320 e. The molecule has 3 heterocycles. The van der Waals surface area contributed by atoms with Crippen molar-refractivity contribution in [1.29, 1.82) is 0 Å². The largest absolute Gasteiger partial charge is 0.378 e. The van der Waals surface area contributed by atoms with Gasteiger partial charge in [0.25, 0.3) is 0 Å². The number of thiophene rings is 1. The van der Waals surface area contributed by atoms with Crippen LogP contribution in [0.3, 0.4) is 0 Å². The van der Waals surface area contributed by atoms with Crippen LogP contribution in [0.5, 0.6) is 0 Å². The first-order valence-corrected chi connectivity index (χ1v) is 9.04. The number of amides is 2. The Kier molecular flexibility index (Phi) is 4.86. The van der Waals surface area contributed by atoms with Crippen molar-refractivity contribution in [3.8, 4) is 0 Å². The van der Waals surface area contributed by atoms with E-state index in [9.17, 15) is 4.79 Å². The van der Waals surface area contributed by atoms with Crippen LogP contribution in [-0.4, -0.2) is 61.0 Å². The highest BCUT2D eigenvalue weighted by Crippen LogP contribution is 2.36. The molecule has 1 aromatic heterocycles. The lowest BCUT2D eigenvalue weighted by Crippen LogP contribution is -2.48. The molecule has 0 aromatic carbocycles. The molecular weight excluding hydrogens is 292 g/mol. The van der Waals surface area contributed by atoms with Crippen LogP contribution in [0.1, 0.15) is 16.5 Å². The van der Waals surface area contributed by atoms with Gasteiger partial charge in [-0.05, 0) is 17.9 Å². The number of carbonyl (C=O) groups is 1. The van der Waals surface area contributed by atoms with Gasteiger partial charge in [-0.3, -0.25) is 0 Å². The maximum absolute atomic E-state index is 12.5. The quantitative estimate of drug-likeness (QED) is 0.799. The van der Waals surface area contributed by atoms with Crippen LogP contribution in [0.25, 0.3) is 0 Å². The van der Waals surface area contributed by atoms with Crippen molar-refractivity contribution >= 4 is 29.1 Å². The van der Waals surface area contributed by atoms with Crippen LogP contribution in [0.2, 0.25) is 0 Å². The molecule has 6 heteroatoms. The summed E-state index contributed by atoms with van der Waals surface area (Å²) in [7, 11) is 0. The first-order chi connectivity index (χ1) is 9.84. The third-order valence-corrected chi connectivity index (χ3v) is 6.20. The molecule has 4 nitrogen and oxygen atoms in total. The van der Waals surface area contributed by atoms with Crippen molar-refractivity contribution < 1.29 is 9.53 Å². The fourth-order valence-corrected chi connectivity index (χ4v) is 4.86. The van der Waals surface area contributed by atoms with Gasteiger partial charge in [-0.2, -0.15) is 11.8 Å². The third-order valence-electron chi connectivity index (χ3n) is 3.75. The molecule has 3 rings (SSSR count). The predicted octanol–water partition coefficient (Wildman–Crippen LogP) is 2.68. The van der Waals surface area contributed by atoms with Crippen molar-refractivity contribution in [3.63, 3.8) is 0 Å². The van der Waals surface area contributed by atoms with Crippen LogP contribution in [-0.2, 0) is 4.74 Å². The maximum Gasteiger partial charge on any atom is 0.320 e. The summed E-state index contributed by atoms with van der Waals surface area (Å²) in [5.74, 6) is 1.03. The average molecular weight is 312 g/mol. The minimum absolute atomic E-state index is 0.195. The lowest BCUT2D eigenvalue weighted by Gasteiger charge is -2.32. The zero-order chi connectivity index (χ0) is 13.8. The van der Waals surface area contributed by atoms with Crippen molar-refractivity contribution in [2.24, 2.45) is 0 Å². The van der Waals surface area contributed by atoms with Crippen molar-refractivity contribution in [1.82, 2.24) is 9.80 Å². The Balaban J connectivity index is 1.57. The van der Waals surface area contributed by atoms with E-state index in [1.807, 2.05) is 32.9 Å². The van der Waals surface area contributed by atoms with E-state index in [4.69, 9.17) is 4.74 Å². The van der Waals surface area contributed by atoms with Crippen LogP contribution >= 0.6 is 23.1 Å². The number of hydrogen-bond acceptors (Lipinski definition) is 4. The molecule has 2 fully saturated rings. The molecule has 20 heavy (non-hydrogen) atoms. The Morgan fingerprint density at radius 1 is 1.20 bits per heavy atom. The zero-order valence-electron chi connectivity index (χ0n) is 11.5. The number of nitrogens with zero attached hydrogens (tertiary/aromatic N) is 2. The molecule has 0 saturated carbocycles. The van der Waals surface area contributed by atoms with Gasteiger partial charge in [-0.1, -0.05) is 6.07 Å². The number of morpholine rings is 1. The predicted molar refractivity (Wildman–Crippen MR) is 83.5 cm³/mol. The molecule has 0 radical (unpaired) electrons. The first-order valence-electron chi connectivity index (χ1n) is 7.11. The van der Waals surface area contributed by atoms with Crippen molar-refractivity contribution in [2.75, 3.05) is 45.1 Å². The molecule has 2 amide bonds. The number of rotatable bonds is 1. The van der Waals surface area contributed by atoms with E-state index in [0.717, 1.165) is 38.4 Å². The summed E-state index contributed by atoms with van der Waals surface area (Å²) in [6.45, 7) is 4.54. The van der Waals surface area contributed by atoms with Crippen molar-refractivity contribution in [3.05, 3.63) is 22.4 Å². The zero-order valence-corrected chi connectivity index (χ0v) is 13.1. The molecule has 0 bridgehead atoms. The Labute approximate surface area is 128 Å². The van der Waals surface area contributed by atoms with Gasteiger partial charge >= 0.3 is 6.03 Å². The molecule has 1 atom stereocenters. The topological polar surface area (TPSA) is 32.8 Å². The van der Waals surface area contributed by atoms with E-state index in [0.29, 0.717) is 18.5 Å². The highest BCUT2D eigenvalue weighted by molar-refractivity contribution is 7.99. The molecule has 110 valence electrons. The third kappa shape index (κ3) is 3.30. The van der Waals surface area contributed by atoms with Crippen molar-refractivity contribution in [2.45, 2.75) is 11.7 Å². The summed E-state index contributed by atoms with van der Waals surface area (Å²) in [6, 6.07) is 4.52. The molecule has 0 N–H and O–H groups in total. The van der Waals surface area contributed by atoms with E-state index >= 15 is 0 Å². The van der Waals surface area contributed by atoms with Gasteiger partial charge in [0.05, 0.1) is 13.2 Å². The lowest BCUT2D eigenvalue weighted by atomic mass is 10.2. The van der Waals surface area contributed by atoms with Gasteiger partial charge in [-0.15, -0.1) is 11.3 Å². The van der Waals surface area contributed by atoms with Gasteiger partial charge in [0.2, 0.25) is 0 Å². The van der Waals surface area contributed by atoms with Crippen LogP contribution in [0.4, 0.5) is 4.79 Å². The SMILES string of the molecule is O=C(N1CCOCC1)N1CCS[C@H](c2cccs2)CC1. The van der Waals surface area contributed by atoms with Gasteiger partial charge in [-0.25, -0.2) is 4.79 Å². The second-order valence-electron chi connectivity index (χ2n) is 5.03. The second-order valence-corrected chi connectivity index (χ2v) is 7.32. The van der Waals surface area contributed by atoms with Crippen LogP contribution < -0.4 is 0 Å². The summed E-state index contributed by atoms with van der Waals surface area (Å²) in [5, 5.41) is 2.69. The molecule has 0 unspecified atom stereocenters. The fourth-order valence-electron chi connectivity index (χ4n) is 2.62. The number of thioether (sulfide) groups is 1. The highest BCUT2D eigenvalue weighted by Gasteiger charge is 2.26. The fraction of sp³-hybridized carbons (Fsp3) is 0.643. The Hall–Kier alpha value is -0.720. The monoisotopic (exact) mass is 312 g/mol. The number of urea groups is 1. The lowest BCUT2D eigenvalue weighted by molar-refractivity contribution is 0.0438. The minimum atomic E-state index is 0.195. The average Bonchev–Trinajstić information content (AvgIpc) is 2.92. The Morgan fingerprint density at radius 3 is 2.75 bits per heavy atom. The molecular formula is C14H20N2O2S2. The van der Waals surface area contributed by atoms with E-state index in [1.165, 1.54) is 4.88 Å². The maximum atomic E-state index is 12.5. The number of ether oxygens (including phenoxy) is 1. The second kappa shape index (κ2) is 6.83. The minimum Gasteiger partial charge on any atom is -0.378 e. The standard InChI is InChI=1S/C14H20N2O2S2/c17-14(16-5-8-18-9-6-16)15-4-3-13(20-11-7-15)12-2-1-10-19-12/h1-2,10,13H,3-9,11H2/t13-/m0/s1. The summed E-state index contributed by atoms with van der Waals surface area (Å²) in [6.07, 6.45) is 1.06. The Bertz CT molecular complexity index is 432. The van der Waals surface area contributed by atoms with Crippen LogP contribution in [0, 0.1) is 0 Å². The summed E-state index contributed by atoms with van der Waals surface area (Å²) < 4.78 is 5.31. The molecule has 2 aliphatic rings. The normalized spacial score (nSPS) is 24.5. The highest BCUT2D eigenvalue weighted by atomic mass is 32.2. The molecule has 0 spiro atoms. The number of hydrogen-bond donors (Lipinski definition) is 0. The molecule has 2 aliphatic heterocycles. The van der Waals surface area contributed by atoms with Crippen LogP contribution in [0.15, 0.2) is 17.5 Å². The molecule has 1 aromatic rings. The Morgan fingerprint density at radius 2 is 2.00 bits per heavy atom. The first kappa shape index (κ1) is 14.2. The molecule has 2 saturated heterocycles. The van der Waals surface area contributed by atoms with E-state index in [1.54, 1.807) is 0 Å². The van der Waals surface area contributed by atoms with Gasteiger partial charge in [0.15, 0.2) is 0 Å². The van der Waals surface area contributed by atoms with Gasteiger partial charge in [0.1, 0.15) is 0 Å².